The number of hydrogen-bond acceptors (Lipinski definition) is 5. The third-order valence-corrected chi connectivity index (χ3v) is 7.48. The number of nitro benzene ring substituents is 1. The number of carbonyl (C=O) groups is 1. The smallest absolute Gasteiger partial charge is 0.269 e. The van der Waals surface area contributed by atoms with Crippen molar-refractivity contribution in [3.05, 3.63) is 34.4 Å². The van der Waals surface area contributed by atoms with Crippen LogP contribution < -0.4 is 0 Å². The van der Waals surface area contributed by atoms with Crippen molar-refractivity contribution >= 4 is 21.6 Å². The van der Waals surface area contributed by atoms with E-state index < -0.39 is 21.0 Å². The summed E-state index contributed by atoms with van der Waals surface area (Å²) < 4.78 is 27.7. The molecule has 154 valence electrons. The summed E-state index contributed by atoms with van der Waals surface area (Å²) in [6.07, 6.45) is 7.32. The summed E-state index contributed by atoms with van der Waals surface area (Å²) in [7, 11) is -3.89. The zero-order chi connectivity index (χ0) is 20.1. The Morgan fingerprint density at radius 1 is 0.929 bits per heavy atom. The first-order valence-electron chi connectivity index (χ1n) is 9.96. The normalized spacial score (nSPS) is 22.3. The SMILES string of the molecule is O=C([C@H]1CCCCN1S(=O)(=O)c1ccc([N+](=O)[O-])cc1)N1CCCCCCC1. The number of sulfonamides is 1. The Morgan fingerprint density at radius 2 is 1.50 bits per heavy atom. The van der Waals surface area contributed by atoms with E-state index in [4.69, 9.17) is 0 Å². The van der Waals surface area contributed by atoms with E-state index in [9.17, 15) is 23.3 Å². The number of hydrogen-bond donors (Lipinski definition) is 0. The van der Waals surface area contributed by atoms with Gasteiger partial charge < -0.3 is 4.90 Å². The van der Waals surface area contributed by atoms with E-state index >= 15 is 0 Å². The topological polar surface area (TPSA) is 101 Å². The van der Waals surface area contributed by atoms with Crippen LogP contribution in [0, 0.1) is 10.1 Å². The van der Waals surface area contributed by atoms with Crippen LogP contribution in [-0.2, 0) is 14.8 Å². The van der Waals surface area contributed by atoms with Gasteiger partial charge in [0.1, 0.15) is 6.04 Å². The Bertz CT molecular complexity index is 801. The van der Waals surface area contributed by atoms with Crippen LogP contribution in [-0.4, -0.2) is 54.1 Å². The molecule has 0 radical (unpaired) electrons. The fourth-order valence-electron chi connectivity index (χ4n) is 3.99. The van der Waals surface area contributed by atoms with Gasteiger partial charge in [-0.15, -0.1) is 0 Å². The molecule has 9 heteroatoms. The molecule has 8 nitrogen and oxygen atoms in total. The van der Waals surface area contributed by atoms with Gasteiger partial charge in [0.05, 0.1) is 9.82 Å². The highest BCUT2D eigenvalue weighted by molar-refractivity contribution is 7.89. The van der Waals surface area contributed by atoms with Crippen LogP contribution in [0.15, 0.2) is 29.2 Å². The summed E-state index contributed by atoms with van der Waals surface area (Å²) in [4.78, 5) is 25.3. The quantitative estimate of drug-likeness (QED) is 0.562. The summed E-state index contributed by atoms with van der Waals surface area (Å²) in [6.45, 7) is 1.66. The van der Waals surface area contributed by atoms with Gasteiger partial charge in [0.2, 0.25) is 15.9 Å². The largest absolute Gasteiger partial charge is 0.341 e. The van der Waals surface area contributed by atoms with Crippen LogP contribution in [0.3, 0.4) is 0 Å². The van der Waals surface area contributed by atoms with Crippen LogP contribution in [0.2, 0.25) is 0 Å². The minimum absolute atomic E-state index is 0.00883. The van der Waals surface area contributed by atoms with E-state index in [1.165, 1.54) is 35.0 Å². The van der Waals surface area contributed by atoms with E-state index in [0.29, 0.717) is 32.5 Å². The van der Waals surface area contributed by atoms with Gasteiger partial charge in [0.15, 0.2) is 0 Å². The van der Waals surface area contributed by atoms with Gasteiger partial charge in [0.25, 0.3) is 5.69 Å². The molecule has 0 bridgehead atoms. The first-order chi connectivity index (χ1) is 13.4. The van der Waals surface area contributed by atoms with Crippen LogP contribution in [0.4, 0.5) is 5.69 Å². The lowest BCUT2D eigenvalue weighted by atomic mass is 10.0. The van der Waals surface area contributed by atoms with Gasteiger partial charge in [-0.05, 0) is 37.8 Å². The highest BCUT2D eigenvalue weighted by atomic mass is 32.2. The predicted molar refractivity (Wildman–Crippen MR) is 104 cm³/mol. The molecule has 0 spiro atoms. The van der Waals surface area contributed by atoms with Gasteiger partial charge in [-0.3, -0.25) is 14.9 Å². The minimum atomic E-state index is -3.89. The predicted octanol–water partition coefficient (Wildman–Crippen LogP) is 2.93. The molecule has 1 aromatic rings. The third-order valence-electron chi connectivity index (χ3n) is 5.56. The van der Waals surface area contributed by atoms with E-state index in [1.807, 2.05) is 4.90 Å². The van der Waals surface area contributed by atoms with Gasteiger partial charge in [-0.2, -0.15) is 4.31 Å². The van der Waals surface area contributed by atoms with Crippen molar-refractivity contribution in [2.24, 2.45) is 0 Å². The number of carbonyl (C=O) groups excluding carboxylic acids is 1. The molecule has 1 amide bonds. The van der Waals surface area contributed by atoms with Crippen molar-refractivity contribution < 1.29 is 18.1 Å². The maximum absolute atomic E-state index is 13.2. The second kappa shape index (κ2) is 9.00. The molecule has 1 aromatic carbocycles. The van der Waals surface area contributed by atoms with Crippen molar-refractivity contribution in [1.29, 1.82) is 0 Å². The molecule has 2 aliphatic heterocycles. The minimum Gasteiger partial charge on any atom is -0.341 e. The second-order valence-corrected chi connectivity index (χ2v) is 9.36. The summed E-state index contributed by atoms with van der Waals surface area (Å²) >= 11 is 0. The molecular weight excluding hydrogens is 382 g/mol. The fourth-order valence-corrected chi connectivity index (χ4v) is 5.64. The van der Waals surface area contributed by atoms with Gasteiger partial charge in [-0.25, -0.2) is 8.42 Å². The Hall–Kier alpha value is -2.00. The summed E-state index contributed by atoms with van der Waals surface area (Å²) in [5, 5.41) is 10.8. The highest BCUT2D eigenvalue weighted by Gasteiger charge is 2.39. The summed E-state index contributed by atoms with van der Waals surface area (Å²) in [6, 6.07) is 4.19. The van der Waals surface area contributed by atoms with E-state index in [-0.39, 0.29) is 16.5 Å². The first kappa shape index (κ1) is 20.7. The molecule has 3 rings (SSSR count). The molecule has 0 aliphatic carbocycles. The number of benzene rings is 1. The lowest BCUT2D eigenvalue weighted by Crippen LogP contribution is -2.53. The Kier molecular flexibility index (Phi) is 6.66. The molecule has 0 aromatic heterocycles. The molecule has 2 heterocycles. The van der Waals surface area contributed by atoms with Crippen LogP contribution >= 0.6 is 0 Å². The lowest BCUT2D eigenvalue weighted by Gasteiger charge is -2.37. The molecule has 28 heavy (non-hydrogen) atoms. The van der Waals surface area contributed by atoms with Crippen molar-refractivity contribution in [3.8, 4) is 0 Å². The number of nitro groups is 1. The Morgan fingerprint density at radius 3 is 2.11 bits per heavy atom. The zero-order valence-corrected chi connectivity index (χ0v) is 16.8. The number of piperidine rings is 1. The molecule has 0 N–H and O–H groups in total. The summed E-state index contributed by atoms with van der Waals surface area (Å²) in [5.74, 6) is -0.105. The van der Waals surface area contributed by atoms with E-state index in [2.05, 4.69) is 0 Å². The van der Waals surface area contributed by atoms with Crippen molar-refractivity contribution in [2.45, 2.75) is 62.3 Å². The molecule has 0 saturated carbocycles. The second-order valence-electron chi connectivity index (χ2n) is 7.47. The number of non-ortho nitro benzene ring substituents is 1. The van der Waals surface area contributed by atoms with Crippen LogP contribution in [0.5, 0.6) is 0 Å². The monoisotopic (exact) mass is 409 g/mol. The van der Waals surface area contributed by atoms with Crippen molar-refractivity contribution in [2.75, 3.05) is 19.6 Å². The maximum Gasteiger partial charge on any atom is 0.269 e. The van der Waals surface area contributed by atoms with Gasteiger partial charge in [-0.1, -0.05) is 25.7 Å². The molecule has 0 unspecified atom stereocenters. The molecule has 2 fully saturated rings. The van der Waals surface area contributed by atoms with E-state index in [1.54, 1.807) is 0 Å². The fraction of sp³-hybridized carbons (Fsp3) is 0.632. The Labute approximate surface area is 165 Å². The molecule has 2 aliphatic rings. The average molecular weight is 410 g/mol. The van der Waals surface area contributed by atoms with Gasteiger partial charge >= 0.3 is 0 Å². The molecule has 2 saturated heterocycles. The Balaban J connectivity index is 1.83. The first-order valence-corrected chi connectivity index (χ1v) is 11.4. The van der Waals surface area contributed by atoms with Crippen LogP contribution in [0.1, 0.15) is 51.4 Å². The van der Waals surface area contributed by atoms with Gasteiger partial charge in [0, 0.05) is 31.8 Å². The molecule has 1 atom stereocenters. The third kappa shape index (κ3) is 4.52. The standard InChI is InChI=1S/C19H27N3O5S/c23-19(20-13-5-2-1-3-6-14-20)18-8-4-7-15-21(18)28(26,27)17-11-9-16(10-12-17)22(24)25/h9-12,18H,1-8,13-15H2/t18-/m1/s1. The molecular formula is C19H27N3O5S. The zero-order valence-electron chi connectivity index (χ0n) is 16.0. The lowest BCUT2D eigenvalue weighted by molar-refractivity contribution is -0.384. The average Bonchev–Trinajstić information content (AvgIpc) is 2.67. The van der Waals surface area contributed by atoms with Crippen molar-refractivity contribution in [3.63, 3.8) is 0 Å². The van der Waals surface area contributed by atoms with Crippen molar-refractivity contribution in [1.82, 2.24) is 9.21 Å². The maximum atomic E-state index is 13.2. The van der Waals surface area contributed by atoms with E-state index in [0.717, 1.165) is 32.1 Å². The number of amides is 1. The summed E-state index contributed by atoms with van der Waals surface area (Å²) in [5.41, 5.74) is -0.161. The number of likely N-dealkylation sites (tertiary alicyclic amines) is 1. The number of rotatable bonds is 4. The van der Waals surface area contributed by atoms with Crippen LogP contribution in [0.25, 0.3) is 0 Å². The highest BCUT2D eigenvalue weighted by Crippen LogP contribution is 2.28. The number of nitrogens with zero attached hydrogens (tertiary/aromatic N) is 3.